The first kappa shape index (κ1) is 22.8. The minimum Gasteiger partial charge on any atom is -0.496 e. The van der Waals surface area contributed by atoms with Gasteiger partial charge in [-0.1, -0.05) is 12.1 Å². The molecule has 0 aliphatic carbocycles. The second kappa shape index (κ2) is 8.88. The molecule has 0 atom stereocenters. The van der Waals surface area contributed by atoms with E-state index < -0.39 is 10.0 Å². The van der Waals surface area contributed by atoms with Crippen LogP contribution in [0.1, 0.15) is 20.8 Å². The molecule has 0 fully saturated rings. The monoisotopic (exact) mass is 480 g/mol. The average molecular weight is 481 g/mol. The molecule has 0 saturated heterocycles. The standard InChI is InChI=1S/C25H24N2O4S2/c1-16-6-5-7-19(12-16)26-25(28)24-15-18-14-20(8-11-23(18)32-24)27(3)33(29,30)21-9-10-22(31-4)17(2)13-21/h5-15H,1-4H3,(H,26,28). The summed E-state index contributed by atoms with van der Waals surface area (Å²) < 4.78 is 33.8. The lowest BCUT2D eigenvalue weighted by Crippen LogP contribution is -2.26. The van der Waals surface area contributed by atoms with Gasteiger partial charge < -0.3 is 10.1 Å². The van der Waals surface area contributed by atoms with Gasteiger partial charge in [0.25, 0.3) is 15.9 Å². The second-order valence-corrected chi connectivity index (χ2v) is 10.8. The molecular weight excluding hydrogens is 456 g/mol. The molecule has 1 amide bonds. The van der Waals surface area contributed by atoms with Crippen LogP contribution in [0.2, 0.25) is 0 Å². The molecule has 0 aliphatic heterocycles. The molecule has 1 heterocycles. The number of hydrogen-bond donors (Lipinski definition) is 1. The number of sulfonamides is 1. The molecule has 0 aliphatic rings. The quantitative estimate of drug-likeness (QED) is 0.390. The molecule has 0 saturated carbocycles. The van der Waals surface area contributed by atoms with Crippen LogP contribution in [0.25, 0.3) is 10.1 Å². The molecule has 0 bridgehead atoms. The fourth-order valence-electron chi connectivity index (χ4n) is 3.56. The van der Waals surface area contributed by atoms with Crippen molar-refractivity contribution in [3.05, 3.63) is 82.7 Å². The lowest BCUT2D eigenvalue weighted by molar-refractivity contribution is 0.103. The highest BCUT2D eigenvalue weighted by molar-refractivity contribution is 7.92. The summed E-state index contributed by atoms with van der Waals surface area (Å²) in [5.41, 5.74) is 3.05. The molecule has 4 aromatic rings. The minimum absolute atomic E-state index is 0.187. The highest BCUT2D eigenvalue weighted by atomic mass is 32.2. The molecule has 8 heteroatoms. The van der Waals surface area contributed by atoms with E-state index in [4.69, 9.17) is 4.74 Å². The third kappa shape index (κ3) is 4.58. The number of carbonyl (C=O) groups excluding carboxylic acids is 1. The van der Waals surface area contributed by atoms with E-state index in [1.165, 1.54) is 28.8 Å². The molecule has 0 radical (unpaired) electrons. The van der Waals surface area contributed by atoms with Crippen LogP contribution in [-0.2, 0) is 10.0 Å². The highest BCUT2D eigenvalue weighted by Crippen LogP contribution is 2.32. The van der Waals surface area contributed by atoms with Crippen molar-refractivity contribution >= 4 is 48.7 Å². The summed E-state index contributed by atoms with van der Waals surface area (Å²) in [5.74, 6) is 0.436. The van der Waals surface area contributed by atoms with Gasteiger partial charge in [0.05, 0.1) is 22.6 Å². The Morgan fingerprint density at radius 1 is 1.00 bits per heavy atom. The Hall–Kier alpha value is -3.36. The van der Waals surface area contributed by atoms with Gasteiger partial charge in [0.15, 0.2) is 0 Å². The summed E-state index contributed by atoms with van der Waals surface area (Å²) in [5, 5.41) is 3.72. The summed E-state index contributed by atoms with van der Waals surface area (Å²) in [6.45, 7) is 3.77. The maximum absolute atomic E-state index is 13.2. The van der Waals surface area contributed by atoms with Gasteiger partial charge in [-0.2, -0.15) is 0 Å². The lowest BCUT2D eigenvalue weighted by atomic mass is 10.2. The summed E-state index contributed by atoms with van der Waals surface area (Å²) >= 11 is 1.37. The van der Waals surface area contributed by atoms with Gasteiger partial charge in [0, 0.05) is 17.4 Å². The summed E-state index contributed by atoms with van der Waals surface area (Å²) in [7, 11) is -0.689. The van der Waals surface area contributed by atoms with E-state index in [1.807, 2.05) is 37.3 Å². The number of aryl methyl sites for hydroxylation is 2. The van der Waals surface area contributed by atoms with Gasteiger partial charge in [-0.3, -0.25) is 9.10 Å². The number of amides is 1. The van der Waals surface area contributed by atoms with E-state index in [0.29, 0.717) is 16.3 Å². The zero-order valence-electron chi connectivity index (χ0n) is 18.7. The van der Waals surface area contributed by atoms with Crippen LogP contribution < -0.4 is 14.4 Å². The van der Waals surface area contributed by atoms with Crippen molar-refractivity contribution in [1.82, 2.24) is 0 Å². The number of nitrogens with zero attached hydrogens (tertiary/aromatic N) is 1. The topological polar surface area (TPSA) is 75.7 Å². The largest absolute Gasteiger partial charge is 0.496 e. The van der Waals surface area contributed by atoms with Gasteiger partial charge in [-0.15, -0.1) is 11.3 Å². The number of fused-ring (bicyclic) bond motifs is 1. The van der Waals surface area contributed by atoms with Crippen molar-refractivity contribution in [2.75, 3.05) is 23.8 Å². The van der Waals surface area contributed by atoms with Gasteiger partial charge in [-0.25, -0.2) is 8.42 Å². The Balaban J connectivity index is 1.61. The normalized spacial score (nSPS) is 11.4. The number of carbonyl (C=O) groups is 1. The Kier molecular flexibility index (Phi) is 6.14. The SMILES string of the molecule is COc1ccc(S(=O)(=O)N(C)c2ccc3sc(C(=O)Nc4cccc(C)c4)cc3c2)cc1C. The van der Waals surface area contributed by atoms with Crippen molar-refractivity contribution in [3.8, 4) is 5.75 Å². The number of methoxy groups -OCH3 is 1. The second-order valence-electron chi connectivity index (χ2n) is 7.76. The van der Waals surface area contributed by atoms with E-state index in [-0.39, 0.29) is 10.8 Å². The van der Waals surface area contributed by atoms with Crippen LogP contribution in [0, 0.1) is 13.8 Å². The number of ether oxygens (including phenoxy) is 1. The predicted molar refractivity (Wildman–Crippen MR) is 134 cm³/mol. The lowest BCUT2D eigenvalue weighted by Gasteiger charge is -2.20. The highest BCUT2D eigenvalue weighted by Gasteiger charge is 2.23. The average Bonchev–Trinajstić information content (AvgIpc) is 3.22. The van der Waals surface area contributed by atoms with E-state index in [0.717, 1.165) is 26.9 Å². The smallest absolute Gasteiger partial charge is 0.265 e. The Morgan fingerprint density at radius 2 is 1.79 bits per heavy atom. The van der Waals surface area contributed by atoms with Crippen LogP contribution >= 0.6 is 11.3 Å². The number of hydrogen-bond acceptors (Lipinski definition) is 5. The molecule has 0 unspecified atom stereocenters. The van der Waals surface area contributed by atoms with Gasteiger partial charge in [-0.05, 0) is 85.0 Å². The van der Waals surface area contributed by atoms with Gasteiger partial charge >= 0.3 is 0 Å². The van der Waals surface area contributed by atoms with Crippen LogP contribution in [0.4, 0.5) is 11.4 Å². The Bertz CT molecular complexity index is 1460. The number of nitrogens with one attached hydrogen (secondary N) is 1. The molecule has 0 spiro atoms. The predicted octanol–water partition coefficient (Wildman–Crippen LogP) is 5.60. The number of rotatable bonds is 6. The van der Waals surface area contributed by atoms with Crippen molar-refractivity contribution in [1.29, 1.82) is 0 Å². The third-order valence-corrected chi connectivity index (χ3v) is 8.28. The molecule has 1 aromatic heterocycles. The molecule has 4 rings (SSSR count). The molecule has 170 valence electrons. The van der Waals surface area contributed by atoms with Crippen LogP contribution in [0.3, 0.4) is 0 Å². The van der Waals surface area contributed by atoms with Crippen LogP contribution in [0.5, 0.6) is 5.75 Å². The molecule has 3 aromatic carbocycles. The Morgan fingerprint density at radius 3 is 2.48 bits per heavy atom. The summed E-state index contributed by atoms with van der Waals surface area (Å²) in [6, 6.07) is 19.5. The first-order chi connectivity index (χ1) is 15.7. The molecule has 1 N–H and O–H groups in total. The van der Waals surface area contributed by atoms with E-state index in [1.54, 1.807) is 44.4 Å². The fraction of sp³-hybridized carbons (Fsp3) is 0.160. The summed E-state index contributed by atoms with van der Waals surface area (Å²) in [4.78, 5) is 13.5. The molecule has 6 nitrogen and oxygen atoms in total. The van der Waals surface area contributed by atoms with Crippen LogP contribution in [-0.4, -0.2) is 28.5 Å². The minimum atomic E-state index is -3.76. The van der Waals surface area contributed by atoms with Crippen molar-refractivity contribution in [3.63, 3.8) is 0 Å². The third-order valence-electron chi connectivity index (χ3n) is 5.39. The maximum atomic E-state index is 13.2. The van der Waals surface area contributed by atoms with Crippen LogP contribution in [0.15, 0.2) is 71.6 Å². The van der Waals surface area contributed by atoms with Gasteiger partial charge in [0.1, 0.15) is 5.75 Å². The van der Waals surface area contributed by atoms with Crippen molar-refractivity contribution in [2.24, 2.45) is 0 Å². The number of benzene rings is 3. The molecular formula is C25H24N2O4S2. The van der Waals surface area contributed by atoms with E-state index in [2.05, 4.69) is 5.32 Å². The summed E-state index contributed by atoms with van der Waals surface area (Å²) in [6.07, 6.45) is 0. The van der Waals surface area contributed by atoms with Crippen molar-refractivity contribution < 1.29 is 17.9 Å². The van der Waals surface area contributed by atoms with E-state index in [9.17, 15) is 13.2 Å². The van der Waals surface area contributed by atoms with E-state index >= 15 is 0 Å². The fourth-order valence-corrected chi connectivity index (χ4v) is 5.77. The maximum Gasteiger partial charge on any atom is 0.265 e. The number of anilines is 2. The first-order valence-electron chi connectivity index (χ1n) is 10.2. The van der Waals surface area contributed by atoms with Crippen molar-refractivity contribution in [2.45, 2.75) is 18.7 Å². The molecule has 33 heavy (non-hydrogen) atoms. The van der Waals surface area contributed by atoms with Gasteiger partial charge in [0.2, 0.25) is 0 Å². The zero-order valence-corrected chi connectivity index (χ0v) is 20.4. The first-order valence-corrected chi connectivity index (χ1v) is 12.5. The Labute approximate surface area is 197 Å². The number of thiophene rings is 1. The zero-order chi connectivity index (χ0) is 23.8.